The van der Waals surface area contributed by atoms with Crippen molar-refractivity contribution >= 4 is 11.9 Å². The van der Waals surface area contributed by atoms with E-state index in [0.717, 1.165) is 12.8 Å². The number of rotatable bonds is 13. The molecule has 0 amide bonds. The zero-order valence-corrected chi connectivity index (χ0v) is 15.5. The number of esters is 2. The Morgan fingerprint density at radius 1 is 0.870 bits per heavy atom. The van der Waals surface area contributed by atoms with Crippen molar-refractivity contribution in [1.82, 2.24) is 0 Å². The molecular formula is C20H36O3. The molecule has 23 heavy (non-hydrogen) atoms. The fourth-order valence-corrected chi connectivity index (χ4v) is 3.49. The first-order valence-corrected chi connectivity index (χ1v) is 9.72. The smallest absolute Gasteiger partial charge is 0.317 e. The molecular weight excluding hydrogens is 288 g/mol. The summed E-state index contributed by atoms with van der Waals surface area (Å²) in [6.45, 7) is 6.44. The standard InChI is InChI=1S/C20H36O3/c1-4-5-6-7-8-9-10-11-12-13-14-15-20(2,3)17-16-18(21)23-19(17)22/h17H,4-16H2,1-3H3. The largest absolute Gasteiger partial charge is 0.393 e. The molecule has 0 spiro atoms. The highest BCUT2D eigenvalue weighted by Gasteiger charge is 2.43. The molecule has 1 atom stereocenters. The molecule has 134 valence electrons. The molecule has 0 aromatic carbocycles. The second-order valence-electron chi connectivity index (χ2n) is 7.82. The molecule has 3 nitrogen and oxygen atoms in total. The van der Waals surface area contributed by atoms with Gasteiger partial charge in [0.25, 0.3) is 0 Å². The van der Waals surface area contributed by atoms with Crippen LogP contribution in [0.1, 0.15) is 104 Å². The SMILES string of the molecule is CCCCCCCCCCCCCC(C)(C)C1CC(=O)OC1=O. The molecule has 0 bridgehead atoms. The van der Waals surface area contributed by atoms with E-state index in [4.69, 9.17) is 0 Å². The summed E-state index contributed by atoms with van der Waals surface area (Å²) in [6.07, 6.45) is 15.9. The first-order chi connectivity index (χ1) is 11.0. The molecule has 1 rings (SSSR count). The maximum atomic E-state index is 11.7. The number of carbonyl (C=O) groups excluding carboxylic acids is 2. The molecule has 1 aliphatic rings. The van der Waals surface area contributed by atoms with Gasteiger partial charge in [-0.3, -0.25) is 9.59 Å². The molecule has 1 unspecified atom stereocenters. The molecule has 3 heteroatoms. The average molecular weight is 325 g/mol. The van der Waals surface area contributed by atoms with Crippen LogP contribution in [0.3, 0.4) is 0 Å². The van der Waals surface area contributed by atoms with Gasteiger partial charge in [0, 0.05) is 0 Å². The van der Waals surface area contributed by atoms with Gasteiger partial charge < -0.3 is 4.74 Å². The summed E-state index contributed by atoms with van der Waals surface area (Å²) >= 11 is 0. The minimum Gasteiger partial charge on any atom is -0.393 e. The Balaban J connectivity index is 2.00. The van der Waals surface area contributed by atoms with Crippen molar-refractivity contribution in [2.45, 2.75) is 104 Å². The van der Waals surface area contributed by atoms with Gasteiger partial charge in [-0.25, -0.2) is 0 Å². The fraction of sp³-hybridized carbons (Fsp3) is 0.900. The molecule has 1 saturated heterocycles. The molecule has 1 fully saturated rings. The lowest BCUT2D eigenvalue weighted by atomic mass is 9.74. The average Bonchev–Trinajstić information content (AvgIpc) is 2.84. The Morgan fingerprint density at radius 2 is 1.35 bits per heavy atom. The lowest BCUT2D eigenvalue weighted by Crippen LogP contribution is -2.27. The van der Waals surface area contributed by atoms with Crippen molar-refractivity contribution in [3.63, 3.8) is 0 Å². The maximum Gasteiger partial charge on any atom is 0.317 e. The second-order valence-corrected chi connectivity index (χ2v) is 7.82. The van der Waals surface area contributed by atoms with E-state index < -0.39 is 0 Å². The quantitative estimate of drug-likeness (QED) is 0.244. The van der Waals surface area contributed by atoms with Gasteiger partial charge in [0.05, 0.1) is 12.3 Å². The number of cyclic esters (lactones) is 2. The molecule has 1 aliphatic heterocycles. The van der Waals surface area contributed by atoms with Crippen LogP contribution in [0, 0.1) is 11.3 Å². The van der Waals surface area contributed by atoms with Gasteiger partial charge in [-0.1, -0.05) is 91.4 Å². The van der Waals surface area contributed by atoms with Crippen molar-refractivity contribution < 1.29 is 14.3 Å². The van der Waals surface area contributed by atoms with Gasteiger partial charge in [0.15, 0.2) is 0 Å². The van der Waals surface area contributed by atoms with E-state index in [1.807, 2.05) is 0 Å². The zero-order chi connectivity index (χ0) is 17.1. The third-order valence-corrected chi connectivity index (χ3v) is 5.24. The highest BCUT2D eigenvalue weighted by atomic mass is 16.6. The minimum absolute atomic E-state index is 0.122. The van der Waals surface area contributed by atoms with E-state index in [0.29, 0.717) is 0 Å². The summed E-state index contributed by atoms with van der Waals surface area (Å²) in [5.41, 5.74) is -0.122. The molecule has 0 saturated carbocycles. The second kappa shape index (κ2) is 10.8. The first kappa shape index (κ1) is 20.2. The topological polar surface area (TPSA) is 43.4 Å². The van der Waals surface area contributed by atoms with Crippen LogP contribution >= 0.6 is 0 Å². The predicted octanol–water partition coefficient (Wildman–Crippen LogP) is 5.80. The molecule has 0 aromatic heterocycles. The Bertz CT molecular complexity index is 360. The minimum atomic E-state index is -0.355. The predicted molar refractivity (Wildman–Crippen MR) is 94.1 cm³/mol. The number of carbonyl (C=O) groups is 2. The van der Waals surface area contributed by atoms with E-state index in [2.05, 4.69) is 25.5 Å². The van der Waals surface area contributed by atoms with E-state index in [9.17, 15) is 9.59 Å². The van der Waals surface area contributed by atoms with Crippen molar-refractivity contribution in [3.8, 4) is 0 Å². The van der Waals surface area contributed by atoms with Gasteiger partial charge in [0.1, 0.15) is 0 Å². The highest BCUT2D eigenvalue weighted by molar-refractivity contribution is 5.95. The summed E-state index contributed by atoms with van der Waals surface area (Å²) in [6, 6.07) is 0. The third kappa shape index (κ3) is 7.99. The summed E-state index contributed by atoms with van der Waals surface area (Å²) in [7, 11) is 0. The lowest BCUT2D eigenvalue weighted by Gasteiger charge is -2.28. The maximum absolute atomic E-state index is 11.7. The van der Waals surface area contributed by atoms with E-state index in [1.54, 1.807) is 0 Å². The molecule has 0 aromatic rings. The number of ether oxygens (including phenoxy) is 1. The number of unbranched alkanes of at least 4 members (excludes halogenated alkanes) is 10. The number of hydrogen-bond acceptors (Lipinski definition) is 3. The zero-order valence-electron chi connectivity index (χ0n) is 15.5. The molecule has 0 aliphatic carbocycles. The summed E-state index contributed by atoms with van der Waals surface area (Å²) in [5.74, 6) is -0.909. The van der Waals surface area contributed by atoms with Crippen molar-refractivity contribution in [3.05, 3.63) is 0 Å². The fourth-order valence-electron chi connectivity index (χ4n) is 3.49. The third-order valence-electron chi connectivity index (χ3n) is 5.24. The molecule has 0 radical (unpaired) electrons. The van der Waals surface area contributed by atoms with Gasteiger partial charge in [0.2, 0.25) is 0 Å². The van der Waals surface area contributed by atoms with E-state index in [-0.39, 0.29) is 29.7 Å². The van der Waals surface area contributed by atoms with Gasteiger partial charge in [-0.05, 0) is 11.8 Å². The van der Waals surface area contributed by atoms with Crippen LogP contribution in [0.25, 0.3) is 0 Å². The van der Waals surface area contributed by atoms with Gasteiger partial charge in [-0.15, -0.1) is 0 Å². The van der Waals surface area contributed by atoms with Crippen LogP contribution < -0.4 is 0 Å². The van der Waals surface area contributed by atoms with Crippen LogP contribution in [0.2, 0.25) is 0 Å². The van der Waals surface area contributed by atoms with Crippen LogP contribution in [0.15, 0.2) is 0 Å². The van der Waals surface area contributed by atoms with Crippen LogP contribution in [0.5, 0.6) is 0 Å². The van der Waals surface area contributed by atoms with Crippen LogP contribution in [0.4, 0.5) is 0 Å². The number of hydrogen-bond donors (Lipinski definition) is 0. The normalized spacial score (nSPS) is 18.5. The van der Waals surface area contributed by atoms with E-state index in [1.165, 1.54) is 64.2 Å². The van der Waals surface area contributed by atoms with Gasteiger partial charge >= 0.3 is 11.9 Å². The summed E-state index contributed by atoms with van der Waals surface area (Å²) in [5, 5.41) is 0. The van der Waals surface area contributed by atoms with Gasteiger partial charge in [-0.2, -0.15) is 0 Å². The van der Waals surface area contributed by atoms with E-state index >= 15 is 0 Å². The molecule has 1 heterocycles. The van der Waals surface area contributed by atoms with Crippen LogP contribution in [-0.4, -0.2) is 11.9 Å². The monoisotopic (exact) mass is 324 g/mol. The molecule has 0 N–H and O–H groups in total. The Labute approximate surface area is 142 Å². The Hall–Kier alpha value is -0.860. The first-order valence-electron chi connectivity index (χ1n) is 9.72. The summed E-state index contributed by atoms with van der Waals surface area (Å²) < 4.78 is 4.69. The summed E-state index contributed by atoms with van der Waals surface area (Å²) in [4.78, 5) is 22.9. The van der Waals surface area contributed by atoms with Crippen molar-refractivity contribution in [1.29, 1.82) is 0 Å². The van der Waals surface area contributed by atoms with Crippen molar-refractivity contribution in [2.24, 2.45) is 11.3 Å². The van der Waals surface area contributed by atoms with Crippen molar-refractivity contribution in [2.75, 3.05) is 0 Å². The van der Waals surface area contributed by atoms with Crippen LogP contribution in [-0.2, 0) is 14.3 Å². The highest BCUT2D eigenvalue weighted by Crippen LogP contribution is 2.38. The Morgan fingerprint density at radius 3 is 1.78 bits per heavy atom. The Kier molecular flexibility index (Phi) is 9.50. The lowest BCUT2D eigenvalue weighted by molar-refractivity contribution is -0.154.